The van der Waals surface area contributed by atoms with Gasteiger partial charge in [0.2, 0.25) is 0 Å². The van der Waals surface area contributed by atoms with Crippen molar-refractivity contribution >= 4 is 101 Å². The van der Waals surface area contributed by atoms with Gasteiger partial charge in [0, 0.05) is 77.9 Å². The van der Waals surface area contributed by atoms with Crippen molar-refractivity contribution in [1.29, 1.82) is 0 Å². The number of nitrogens with zero attached hydrogens (tertiary/aromatic N) is 2. The maximum atomic E-state index is 6.36. The Balaban J connectivity index is 0.965. The molecular formula is C83H63BN2O4. The first-order valence-electron chi connectivity index (χ1n) is 31.2. The van der Waals surface area contributed by atoms with Crippen LogP contribution in [0.1, 0.15) is 58.2 Å². The molecule has 0 unspecified atom stereocenters. The molecule has 432 valence electrons. The molecule has 0 bridgehead atoms. The monoisotopic (exact) mass is 1160 g/mol. The third-order valence-corrected chi connectivity index (χ3v) is 18.9. The molecule has 0 radical (unpaired) electrons. The van der Waals surface area contributed by atoms with Gasteiger partial charge in [0.15, 0.2) is 0 Å². The van der Waals surface area contributed by atoms with Gasteiger partial charge in [-0.05, 0) is 180 Å². The summed E-state index contributed by atoms with van der Waals surface area (Å²) in [5, 5.41) is 4.21. The minimum atomic E-state index is -0.202. The van der Waals surface area contributed by atoms with E-state index >= 15 is 0 Å². The van der Waals surface area contributed by atoms with Gasteiger partial charge in [-0.3, -0.25) is 0 Å². The minimum absolute atomic E-state index is 0.00731. The smallest absolute Gasteiger partial charge is 0.252 e. The van der Waals surface area contributed by atoms with Crippen molar-refractivity contribution in [3.63, 3.8) is 0 Å². The third kappa shape index (κ3) is 8.70. The molecule has 7 heteroatoms. The summed E-state index contributed by atoms with van der Waals surface area (Å²) in [6.45, 7) is 15.7. The average Bonchev–Trinajstić information content (AvgIpc) is 0.904. The highest BCUT2D eigenvalue weighted by Gasteiger charge is 2.44. The molecule has 2 aliphatic heterocycles. The molecule has 2 aliphatic rings. The van der Waals surface area contributed by atoms with Crippen LogP contribution in [0.25, 0.3) is 111 Å². The fourth-order valence-corrected chi connectivity index (χ4v) is 14.3. The van der Waals surface area contributed by atoms with Gasteiger partial charge in [-0.2, -0.15) is 0 Å². The Kier molecular flexibility index (Phi) is 12.0. The molecule has 0 N–H and O–H groups in total. The number of para-hydroxylation sites is 4. The molecule has 0 fully saturated rings. The number of furan rings is 4. The lowest BCUT2D eigenvalue weighted by atomic mass is 9.33. The van der Waals surface area contributed by atoms with E-state index in [-0.39, 0.29) is 17.5 Å². The maximum Gasteiger partial charge on any atom is 0.252 e. The first-order chi connectivity index (χ1) is 43.8. The Bertz CT molecular complexity index is 4860. The zero-order valence-corrected chi connectivity index (χ0v) is 51.4. The van der Waals surface area contributed by atoms with E-state index in [0.29, 0.717) is 0 Å². The van der Waals surface area contributed by atoms with E-state index in [4.69, 9.17) is 17.7 Å². The SMILES string of the molecule is Cc1cc2c3c(c1)N(c1cc(-c4coc5ccccc45)cc(-c4coc5ccccc45)c1)c1ccc(-c4ccc(C(C)(C)C)cc4)cc1B3c1cc(-c3ccc(C(C)(C)C)cc3)ccc1N2c1cc(-c2coc3ccccc23)cc(-c2coc3ccccc23)c1. The third-order valence-electron chi connectivity index (χ3n) is 18.9. The van der Waals surface area contributed by atoms with Crippen LogP contribution in [-0.4, -0.2) is 6.71 Å². The van der Waals surface area contributed by atoms with E-state index in [2.05, 4.69) is 240 Å². The molecule has 0 aliphatic carbocycles. The molecule has 6 nitrogen and oxygen atoms in total. The first kappa shape index (κ1) is 53.5. The molecule has 90 heavy (non-hydrogen) atoms. The lowest BCUT2D eigenvalue weighted by molar-refractivity contribution is 0.590. The summed E-state index contributed by atoms with van der Waals surface area (Å²) >= 11 is 0. The molecular weight excluding hydrogens is 1100 g/mol. The van der Waals surface area contributed by atoms with Crippen LogP contribution in [-0.2, 0) is 10.8 Å². The largest absolute Gasteiger partial charge is 0.464 e. The standard InChI is InChI=1S/C83H63BN2O4/c1-50-36-75-81-76(37-50)86(62-42-57(69-48-89-79-22-14-10-18-65(69)79)39-58(43-62)70-49-90-80-23-15-11-19-66(70)80)74-35-29-54(52-26-32-60(33-27-52)83(5,6)7)45-72(74)84(81)71-44-53(51-24-30-59(31-25-51)82(2,3)4)28-34-73(71)85(75)61-40-55(67-46-87-77-20-12-8-16-63(67)77)38-56(41-61)68-47-88-78-21-13-9-17-64(68)78/h8-49H,1-7H3. The van der Waals surface area contributed by atoms with E-state index in [9.17, 15) is 0 Å². The summed E-state index contributed by atoms with van der Waals surface area (Å²) in [5.74, 6) is 0. The van der Waals surface area contributed by atoms with Gasteiger partial charge in [0.1, 0.15) is 22.3 Å². The second kappa shape index (κ2) is 20.1. The van der Waals surface area contributed by atoms with Crippen LogP contribution in [0, 0.1) is 6.92 Å². The molecule has 0 amide bonds. The highest BCUT2D eigenvalue weighted by atomic mass is 16.3. The van der Waals surface area contributed by atoms with Crippen LogP contribution in [0.15, 0.2) is 273 Å². The van der Waals surface area contributed by atoms with Crippen LogP contribution in [0.4, 0.5) is 34.1 Å². The quantitative estimate of drug-likeness (QED) is 0.141. The van der Waals surface area contributed by atoms with Crippen molar-refractivity contribution in [2.75, 3.05) is 9.80 Å². The second-order valence-electron chi connectivity index (χ2n) is 26.6. The lowest BCUT2D eigenvalue weighted by Gasteiger charge is -2.45. The maximum absolute atomic E-state index is 6.36. The molecule has 17 rings (SSSR count). The van der Waals surface area contributed by atoms with Gasteiger partial charge in [-0.15, -0.1) is 0 Å². The van der Waals surface area contributed by atoms with Gasteiger partial charge in [-0.1, -0.05) is 187 Å². The average molecular weight is 1160 g/mol. The molecule has 4 aromatic heterocycles. The Hall–Kier alpha value is -10.8. The molecule has 6 heterocycles. The van der Waals surface area contributed by atoms with Gasteiger partial charge >= 0.3 is 0 Å². The van der Waals surface area contributed by atoms with Crippen molar-refractivity contribution in [3.8, 4) is 66.8 Å². The van der Waals surface area contributed by atoms with Crippen LogP contribution in [0.5, 0.6) is 0 Å². The van der Waals surface area contributed by atoms with E-state index < -0.39 is 0 Å². The zero-order valence-electron chi connectivity index (χ0n) is 51.4. The topological polar surface area (TPSA) is 59.0 Å². The predicted octanol–water partition coefficient (Wildman–Crippen LogP) is 21.7. The van der Waals surface area contributed by atoms with Gasteiger partial charge in [-0.25, -0.2) is 0 Å². The van der Waals surface area contributed by atoms with Gasteiger partial charge < -0.3 is 27.5 Å². The van der Waals surface area contributed by atoms with Gasteiger partial charge in [0.05, 0.1) is 25.1 Å². The summed E-state index contributed by atoms with van der Waals surface area (Å²) in [7, 11) is 0. The van der Waals surface area contributed by atoms with Crippen LogP contribution >= 0.6 is 0 Å². The van der Waals surface area contributed by atoms with Crippen molar-refractivity contribution in [1.82, 2.24) is 0 Å². The second-order valence-corrected chi connectivity index (χ2v) is 26.6. The van der Waals surface area contributed by atoms with E-state index in [1.807, 2.05) is 73.6 Å². The molecule has 11 aromatic carbocycles. The fraction of sp³-hybridized carbons (Fsp3) is 0.108. The fourth-order valence-electron chi connectivity index (χ4n) is 14.3. The number of fused-ring (bicyclic) bond motifs is 8. The highest BCUT2D eigenvalue weighted by Crippen LogP contribution is 2.50. The summed E-state index contributed by atoms with van der Waals surface area (Å²) < 4.78 is 25.4. The summed E-state index contributed by atoms with van der Waals surface area (Å²) in [6, 6.07) is 85.0. The highest BCUT2D eigenvalue weighted by molar-refractivity contribution is 7.00. The van der Waals surface area contributed by atoms with Crippen LogP contribution in [0.2, 0.25) is 0 Å². The van der Waals surface area contributed by atoms with Crippen molar-refractivity contribution in [2.45, 2.75) is 59.3 Å². The predicted molar refractivity (Wildman–Crippen MR) is 374 cm³/mol. The number of hydrogen-bond donors (Lipinski definition) is 0. The number of rotatable bonds is 8. The number of benzene rings is 11. The van der Waals surface area contributed by atoms with E-state index in [0.717, 1.165) is 139 Å². The molecule has 15 aromatic rings. The summed E-state index contributed by atoms with van der Waals surface area (Å²) in [4.78, 5) is 5.08. The van der Waals surface area contributed by atoms with Crippen molar-refractivity contribution in [2.24, 2.45) is 0 Å². The molecule has 0 spiro atoms. The summed E-state index contributed by atoms with van der Waals surface area (Å²) in [6.07, 6.45) is 7.66. The van der Waals surface area contributed by atoms with Crippen LogP contribution in [0.3, 0.4) is 0 Å². The van der Waals surface area contributed by atoms with Gasteiger partial charge in [0.25, 0.3) is 6.71 Å². The lowest BCUT2D eigenvalue weighted by Crippen LogP contribution is -2.61. The zero-order chi connectivity index (χ0) is 60.7. The Morgan fingerprint density at radius 3 is 0.933 bits per heavy atom. The van der Waals surface area contributed by atoms with E-state index in [1.54, 1.807) is 0 Å². The normalized spacial score (nSPS) is 13.0. The van der Waals surface area contributed by atoms with Crippen LogP contribution < -0.4 is 26.2 Å². The van der Waals surface area contributed by atoms with E-state index in [1.165, 1.54) is 38.6 Å². The van der Waals surface area contributed by atoms with Crippen molar-refractivity contribution < 1.29 is 17.7 Å². The number of anilines is 6. The minimum Gasteiger partial charge on any atom is -0.464 e. The Morgan fingerprint density at radius 1 is 0.300 bits per heavy atom. The van der Waals surface area contributed by atoms with Crippen molar-refractivity contribution in [3.05, 3.63) is 272 Å². The molecule has 0 saturated heterocycles. The Morgan fingerprint density at radius 2 is 0.611 bits per heavy atom. The number of hydrogen-bond acceptors (Lipinski definition) is 6. The summed E-state index contributed by atoms with van der Waals surface area (Å²) in [5.41, 5.74) is 30.1. The molecule has 0 atom stereocenters. The number of aryl methyl sites for hydroxylation is 1. The first-order valence-corrected chi connectivity index (χ1v) is 31.2. The Labute approximate surface area is 524 Å². The molecule has 0 saturated carbocycles.